The second kappa shape index (κ2) is 12.8. The normalized spacial score (nSPS) is 12.0. The standard InChI is InChI=1S/C26H26BrCl2N3O4S/c1-30-26(34)24(13-18-7-4-3-5-8-18)31(16-19-11-12-21(28)15-23(19)29)25(33)17-32(37(2,35)36)22-10-6-9-20(27)14-22/h3-12,14-15,24H,13,16-17H2,1-2H3,(H,30,34)/t24-/m1/s1. The number of likely N-dealkylation sites (N-methyl/N-ethyl adjacent to an activating group) is 1. The molecule has 0 unspecified atom stereocenters. The molecule has 3 aromatic rings. The first kappa shape index (κ1) is 29.0. The molecular formula is C26H26BrCl2N3O4S. The van der Waals surface area contributed by atoms with Crippen molar-refractivity contribution in [3.63, 3.8) is 0 Å². The van der Waals surface area contributed by atoms with Crippen LogP contribution in [0.25, 0.3) is 0 Å². The highest BCUT2D eigenvalue weighted by Gasteiger charge is 2.33. The number of hydrogen-bond donors (Lipinski definition) is 1. The number of hydrogen-bond acceptors (Lipinski definition) is 4. The maximum atomic E-state index is 13.9. The lowest BCUT2D eigenvalue weighted by Gasteiger charge is -2.33. The zero-order valence-electron chi connectivity index (χ0n) is 20.2. The van der Waals surface area contributed by atoms with E-state index in [1.54, 1.807) is 42.5 Å². The molecule has 0 saturated carbocycles. The number of nitrogens with zero attached hydrogens (tertiary/aromatic N) is 2. The number of sulfonamides is 1. The molecule has 0 aromatic heterocycles. The summed E-state index contributed by atoms with van der Waals surface area (Å²) in [5.41, 5.74) is 1.71. The van der Waals surface area contributed by atoms with Crippen LogP contribution in [0.15, 0.2) is 77.3 Å². The van der Waals surface area contributed by atoms with E-state index in [-0.39, 0.29) is 13.0 Å². The third-order valence-corrected chi connectivity index (χ3v) is 7.87. The Bertz CT molecular complexity index is 1370. The van der Waals surface area contributed by atoms with Crippen LogP contribution in [0.1, 0.15) is 11.1 Å². The minimum absolute atomic E-state index is 0.0319. The first-order valence-corrected chi connectivity index (χ1v) is 14.6. The van der Waals surface area contributed by atoms with E-state index in [9.17, 15) is 18.0 Å². The first-order valence-electron chi connectivity index (χ1n) is 11.2. The monoisotopic (exact) mass is 625 g/mol. The number of amides is 2. The molecule has 0 radical (unpaired) electrons. The Morgan fingerprint density at radius 3 is 2.30 bits per heavy atom. The molecule has 0 heterocycles. The van der Waals surface area contributed by atoms with E-state index in [2.05, 4.69) is 21.2 Å². The van der Waals surface area contributed by atoms with Gasteiger partial charge in [0.1, 0.15) is 12.6 Å². The van der Waals surface area contributed by atoms with Crippen LogP contribution in [0.4, 0.5) is 5.69 Å². The van der Waals surface area contributed by atoms with Gasteiger partial charge in [-0.05, 0) is 41.5 Å². The molecule has 11 heteroatoms. The van der Waals surface area contributed by atoms with E-state index in [0.717, 1.165) is 16.1 Å². The van der Waals surface area contributed by atoms with Crippen LogP contribution in [0.3, 0.4) is 0 Å². The Kier molecular flexibility index (Phi) is 10.0. The molecule has 7 nitrogen and oxygen atoms in total. The molecular weight excluding hydrogens is 601 g/mol. The van der Waals surface area contributed by atoms with Gasteiger partial charge in [0, 0.05) is 34.5 Å². The summed E-state index contributed by atoms with van der Waals surface area (Å²) < 4.78 is 27.1. The summed E-state index contributed by atoms with van der Waals surface area (Å²) in [6.45, 7) is -0.543. The van der Waals surface area contributed by atoms with Crippen molar-refractivity contribution in [2.24, 2.45) is 0 Å². The van der Waals surface area contributed by atoms with Crippen LogP contribution in [0.5, 0.6) is 0 Å². The van der Waals surface area contributed by atoms with E-state index < -0.39 is 34.4 Å². The predicted octanol–water partition coefficient (Wildman–Crippen LogP) is 4.91. The summed E-state index contributed by atoms with van der Waals surface area (Å²) in [5.74, 6) is -0.961. The summed E-state index contributed by atoms with van der Waals surface area (Å²) in [6.07, 6.45) is 1.25. The van der Waals surface area contributed by atoms with Gasteiger partial charge in [-0.1, -0.05) is 81.6 Å². The van der Waals surface area contributed by atoms with Gasteiger partial charge in [-0.3, -0.25) is 13.9 Å². The summed E-state index contributed by atoms with van der Waals surface area (Å²) in [6, 6.07) is 19.8. The number of carbonyl (C=O) groups is 2. The van der Waals surface area contributed by atoms with Gasteiger partial charge in [0.2, 0.25) is 21.8 Å². The Morgan fingerprint density at radius 1 is 1.00 bits per heavy atom. The number of nitrogens with one attached hydrogen (secondary N) is 1. The summed E-state index contributed by atoms with van der Waals surface area (Å²) in [5, 5.41) is 3.38. The van der Waals surface area contributed by atoms with Gasteiger partial charge < -0.3 is 10.2 Å². The van der Waals surface area contributed by atoms with Gasteiger partial charge in [0.25, 0.3) is 0 Å². The van der Waals surface area contributed by atoms with Crippen LogP contribution in [0.2, 0.25) is 10.0 Å². The SMILES string of the molecule is CNC(=O)[C@@H](Cc1ccccc1)N(Cc1ccc(Cl)cc1Cl)C(=O)CN(c1cccc(Br)c1)S(C)(=O)=O. The number of halogens is 3. The molecule has 2 amide bonds. The summed E-state index contributed by atoms with van der Waals surface area (Å²) in [7, 11) is -2.35. The maximum absolute atomic E-state index is 13.9. The molecule has 1 N–H and O–H groups in total. The van der Waals surface area contributed by atoms with Gasteiger partial charge in [-0.15, -0.1) is 0 Å². The molecule has 0 fully saturated rings. The Morgan fingerprint density at radius 2 is 1.70 bits per heavy atom. The summed E-state index contributed by atoms with van der Waals surface area (Å²) in [4.78, 5) is 28.3. The van der Waals surface area contributed by atoms with Gasteiger partial charge >= 0.3 is 0 Å². The molecule has 0 bridgehead atoms. The maximum Gasteiger partial charge on any atom is 0.244 e. The second-order valence-corrected chi connectivity index (χ2v) is 12.0. The lowest BCUT2D eigenvalue weighted by molar-refractivity contribution is -0.139. The van der Waals surface area contributed by atoms with Crippen LogP contribution in [-0.4, -0.2) is 51.0 Å². The highest BCUT2D eigenvalue weighted by molar-refractivity contribution is 9.10. The molecule has 3 rings (SSSR count). The van der Waals surface area contributed by atoms with Crippen molar-refractivity contribution < 1.29 is 18.0 Å². The highest BCUT2D eigenvalue weighted by Crippen LogP contribution is 2.26. The van der Waals surface area contributed by atoms with E-state index in [0.29, 0.717) is 25.8 Å². The van der Waals surface area contributed by atoms with Gasteiger partial charge in [-0.25, -0.2) is 8.42 Å². The predicted molar refractivity (Wildman–Crippen MR) is 151 cm³/mol. The van der Waals surface area contributed by atoms with Crippen LogP contribution >= 0.6 is 39.1 Å². The minimum Gasteiger partial charge on any atom is -0.357 e. The van der Waals surface area contributed by atoms with Crippen molar-refractivity contribution in [1.82, 2.24) is 10.2 Å². The Labute approximate surface area is 235 Å². The second-order valence-electron chi connectivity index (χ2n) is 8.33. The summed E-state index contributed by atoms with van der Waals surface area (Å²) >= 11 is 15.8. The number of benzene rings is 3. The van der Waals surface area contributed by atoms with Crippen molar-refractivity contribution in [2.75, 3.05) is 24.2 Å². The molecule has 196 valence electrons. The lowest BCUT2D eigenvalue weighted by atomic mass is 10.0. The molecule has 0 aliphatic rings. The fourth-order valence-electron chi connectivity index (χ4n) is 3.80. The molecule has 3 aromatic carbocycles. The molecule has 1 atom stereocenters. The van der Waals surface area contributed by atoms with Crippen LogP contribution < -0.4 is 9.62 Å². The topological polar surface area (TPSA) is 86.8 Å². The number of rotatable bonds is 10. The number of carbonyl (C=O) groups excluding carboxylic acids is 2. The molecule has 0 saturated heterocycles. The molecule has 0 aliphatic heterocycles. The average molecular weight is 627 g/mol. The third kappa shape index (κ3) is 7.95. The Balaban J connectivity index is 2.05. The van der Waals surface area contributed by atoms with Crippen molar-refractivity contribution in [2.45, 2.75) is 19.0 Å². The molecule has 0 aliphatic carbocycles. The molecule has 37 heavy (non-hydrogen) atoms. The quantitative estimate of drug-likeness (QED) is 0.347. The first-order chi connectivity index (χ1) is 17.5. The van der Waals surface area contributed by atoms with Gasteiger partial charge in [-0.2, -0.15) is 0 Å². The lowest BCUT2D eigenvalue weighted by Crippen LogP contribution is -2.52. The smallest absolute Gasteiger partial charge is 0.244 e. The van der Waals surface area contributed by atoms with Crippen molar-refractivity contribution in [3.05, 3.63) is 98.4 Å². The number of anilines is 1. The van der Waals surface area contributed by atoms with Crippen LogP contribution in [-0.2, 0) is 32.6 Å². The fraction of sp³-hybridized carbons (Fsp3) is 0.231. The van der Waals surface area contributed by atoms with Gasteiger partial charge in [0.05, 0.1) is 11.9 Å². The van der Waals surface area contributed by atoms with E-state index in [1.807, 2.05) is 30.3 Å². The molecule has 0 spiro atoms. The fourth-order valence-corrected chi connectivity index (χ4v) is 5.50. The van der Waals surface area contributed by atoms with E-state index in [4.69, 9.17) is 23.2 Å². The third-order valence-electron chi connectivity index (χ3n) is 5.65. The zero-order valence-corrected chi connectivity index (χ0v) is 24.1. The van der Waals surface area contributed by atoms with Crippen molar-refractivity contribution in [3.8, 4) is 0 Å². The average Bonchev–Trinajstić information content (AvgIpc) is 2.85. The minimum atomic E-state index is -3.84. The van der Waals surface area contributed by atoms with Crippen molar-refractivity contribution >= 4 is 66.7 Å². The van der Waals surface area contributed by atoms with E-state index in [1.165, 1.54) is 11.9 Å². The van der Waals surface area contributed by atoms with Crippen molar-refractivity contribution in [1.29, 1.82) is 0 Å². The largest absolute Gasteiger partial charge is 0.357 e. The Hall–Kier alpha value is -2.59. The zero-order chi connectivity index (χ0) is 27.2. The van der Waals surface area contributed by atoms with Crippen LogP contribution in [0, 0.1) is 0 Å². The van der Waals surface area contributed by atoms with Gasteiger partial charge in [0.15, 0.2) is 0 Å². The highest BCUT2D eigenvalue weighted by atomic mass is 79.9. The van der Waals surface area contributed by atoms with E-state index >= 15 is 0 Å².